The Morgan fingerprint density at radius 3 is 2.22 bits per heavy atom. The van der Waals surface area contributed by atoms with Gasteiger partial charge in [-0.3, -0.25) is 0 Å². The lowest BCUT2D eigenvalue weighted by molar-refractivity contribution is 0.311. The smallest absolute Gasteiger partial charge is 0.119 e. The normalized spacial score (nSPS) is 10.3. The highest BCUT2D eigenvalue weighted by atomic mass is 35.5. The maximum absolute atomic E-state index is 5.73. The van der Waals surface area contributed by atoms with Crippen molar-refractivity contribution in [1.82, 2.24) is 0 Å². The van der Waals surface area contributed by atoms with Gasteiger partial charge in [0.2, 0.25) is 0 Å². The summed E-state index contributed by atoms with van der Waals surface area (Å²) < 4.78 is 5.68. The number of alkyl halides is 1. The second kappa shape index (κ2) is 7.07. The molecule has 0 saturated carbocycles. The Labute approximate surface area is 113 Å². The lowest BCUT2D eigenvalue weighted by Gasteiger charge is -2.06. The second-order valence-corrected chi connectivity index (χ2v) is 4.48. The topological polar surface area (TPSA) is 9.23 Å². The molecule has 0 fully saturated rings. The molecule has 0 unspecified atom stereocenters. The Kier molecular flexibility index (Phi) is 5.10. The van der Waals surface area contributed by atoms with Gasteiger partial charge in [0.05, 0.1) is 6.61 Å². The maximum atomic E-state index is 5.73. The van der Waals surface area contributed by atoms with Crippen LogP contribution < -0.4 is 4.74 Å². The van der Waals surface area contributed by atoms with Crippen molar-refractivity contribution < 1.29 is 4.74 Å². The quantitative estimate of drug-likeness (QED) is 0.551. The molecule has 0 spiro atoms. The molecule has 2 aromatic rings. The van der Waals surface area contributed by atoms with Crippen LogP contribution >= 0.6 is 11.6 Å². The highest BCUT2D eigenvalue weighted by Crippen LogP contribution is 2.14. The Bertz CT molecular complexity index is 450. The zero-order valence-corrected chi connectivity index (χ0v) is 11.1. The molecule has 0 amide bonds. The summed E-state index contributed by atoms with van der Waals surface area (Å²) >= 11 is 5.73. The van der Waals surface area contributed by atoms with Crippen LogP contribution in [0, 0.1) is 0 Å². The number of hydrogen-bond acceptors (Lipinski definition) is 1. The van der Waals surface area contributed by atoms with Crippen LogP contribution in [-0.2, 0) is 12.3 Å². The molecule has 0 N–H and O–H groups in total. The van der Waals surface area contributed by atoms with Gasteiger partial charge in [-0.05, 0) is 36.1 Å². The first-order valence-corrected chi connectivity index (χ1v) is 6.73. The summed E-state index contributed by atoms with van der Waals surface area (Å²) in [5.74, 6) is 1.46. The van der Waals surface area contributed by atoms with E-state index < -0.39 is 0 Å². The number of rotatable bonds is 6. The van der Waals surface area contributed by atoms with Crippen LogP contribution in [0.4, 0.5) is 0 Å². The van der Waals surface area contributed by atoms with Crippen molar-refractivity contribution in [2.24, 2.45) is 0 Å². The summed E-state index contributed by atoms with van der Waals surface area (Å²) in [6.07, 6.45) is 2.09. The van der Waals surface area contributed by atoms with E-state index in [1.165, 1.54) is 5.56 Å². The maximum Gasteiger partial charge on any atom is 0.119 e. The van der Waals surface area contributed by atoms with Gasteiger partial charge in [-0.1, -0.05) is 42.5 Å². The summed E-state index contributed by atoms with van der Waals surface area (Å²) in [6.45, 7) is 0.745. The molecule has 0 aromatic heterocycles. The molecule has 0 radical (unpaired) electrons. The van der Waals surface area contributed by atoms with Crippen LogP contribution in [-0.4, -0.2) is 6.61 Å². The summed E-state index contributed by atoms with van der Waals surface area (Å²) in [7, 11) is 0. The molecular formula is C16H17ClO. The van der Waals surface area contributed by atoms with E-state index in [-0.39, 0.29) is 0 Å². The van der Waals surface area contributed by atoms with E-state index in [1.54, 1.807) is 0 Å². The Hall–Kier alpha value is -1.47. The van der Waals surface area contributed by atoms with Crippen molar-refractivity contribution in [2.45, 2.75) is 18.7 Å². The SMILES string of the molecule is ClCc1ccc(OCCCc2ccccc2)cc1. The van der Waals surface area contributed by atoms with E-state index in [1.807, 2.05) is 30.3 Å². The van der Waals surface area contributed by atoms with Crippen LogP contribution in [0.25, 0.3) is 0 Å². The highest BCUT2D eigenvalue weighted by molar-refractivity contribution is 6.17. The van der Waals surface area contributed by atoms with Gasteiger partial charge < -0.3 is 4.74 Å². The molecule has 94 valence electrons. The van der Waals surface area contributed by atoms with Crippen LogP contribution in [0.2, 0.25) is 0 Å². The van der Waals surface area contributed by atoms with Crippen molar-refractivity contribution in [1.29, 1.82) is 0 Å². The predicted octanol–water partition coefficient (Wildman–Crippen LogP) is 4.44. The van der Waals surface area contributed by atoms with Crippen molar-refractivity contribution in [3.05, 3.63) is 65.7 Å². The van der Waals surface area contributed by atoms with Gasteiger partial charge in [-0.2, -0.15) is 0 Å². The zero-order valence-electron chi connectivity index (χ0n) is 10.3. The fraction of sp³-hybridized carbons (Fsp3) is 0.250. The summed E-state index contributed by atoms with van der Waals surface area (Å²) in [5.41, 5.74) is 2.48. The fourth-order valence-corrected chi connectivity index (χ4v) is 1.96. The standard InChI is InChI=1S/C16H17ClO/c17-13-15-8-10-16(11-9-15)18-12-4-7-14-5-2-1-3-6-14/h1-3,5-6,8-11H,4,7,12-13H2. The highest BCUT2D eigenvalue weighted by Gasteiger charge is 1.96. The van der Waals surface area contributed by atoms with Crippen LogP contribution in [0.1, 0.15) is 17.5 Å². The molecular weight excluding hydrogens is 244 g/mol. The summed E-state index contributed by atoms with van der Waals surface area (Å²) in [6, 6.07) is 18.4. The largest absolute Gasteiger partial charge is 0.494 e. The Balaban J connectivity index is 1.72. The number of ether oxygens (including phenoxy) is 1. The van der Waals surface area contributed by atoms with Crippen LogP contribution in [0.15, 0.2) is 54.6 Å². The van der Waals surface area contributed by atoms with E-state index >= 15 is 0 Å². The third-order valence-corrected chi connectivity index (χ3v) is 3.11. The first-order chi connectivity index (χ1) is 8.88. The van der Waals surface area contributed by atoms with E-state index in [9.17, 15) is 0 Å². The third kappa shape index (κ3) is 4.08. The van der Waals surface area contributed by atoms with E-state index in [0.717, 1.165) is 30.8 Å². The molecule has 2 rings (SSSR count). The molecule has 2 aromatic carbocycles. The molecule has 2 heteroatoms. The van der Waals surface area contributed by atoms with Gasteiger partial charge >= 0.3 is 0 Å². The predicted molar refractivity (Wildman–Crippen MR) is 76.3 cm³/mol. The lowest BCUT2D eigenvalue weighted by atomic mass is 10.1. The van der Waals surface area contributed by atoms with Gasteiger partial charge in [0.1, 0.15) is 5.75 Å². The molecule has 1 nitrogen and oxygen atoms in total. The van der Waals surface area contributed by atoms with Gasteiger partial charge in [0, 0.05) is 5.88 Å². The minimum atomic E-state index is 0.550. The van der Waals surface area contributed by atoms with Gasteiger partial charge in [0.15, 0.2) is 0 Å². The van der Waals surface area contributed by atoms with Gasteiger partial charge in [-0.25, -0.2) is 0 Å². The zero-order chi connectivity index (χ0) is 12.6. The summed E-state index contributed by atoms with van der Waals surface area (Å²) in [5, 5.41) is 0. The Morgan fingerprint density at radius 1 is 0.833 bits per heavy atom. The van der Waals surface area contributed by atoms with Gasteiger partial charge in [-0.15, -0.1) is 11.6 Å². The van der Waals surface area contributed by atoms with Crippen molar-refractivity contribution in [3.63, 3.8) is 0 Å². The first-order valence-electron chi connectivity index (χ1n) is 6.20. The van der Waals surface area contributed by atoms with Gasteiger partial charge in [0.25, 0.3) is 0 Å². The third-order valence-electron chi connectivity index (χ3n) is 2.80. The monoisotopic (exact) mass is 260 g/mol. The van der Waals surface area contributed by atoms with Crippen molar-refractivity contribution in [2.75, 3.05) is 6.61 Å². The fourth-order valence-electron chi connectivity index (χ4n) is 1.79. The summed E-state index contributed by atoms with van der Waals surface area (Å²) in [4.78, 5) is 0. The number of benzene rings is 2. The molecule has 0 bridgehead atoms. The minimum Gasteiger partial charge on any atom is -0.494 e. The molecule has 0 aliphatic heterocycles. The molecule has 0 atom stereocenters. The Morgan fingerprint density at radius 2 is 1.56 bits per heavy atom. The molecule has 0 saturated heterocycles. The first kappa shape index (κ1) is 13.0. The number of halogens is 1. The second-order valence-electron chi connectivity index (χ2n) is 4.22. The van der Waals surface area contributed by atoms with E-state index in [0.29, 0.717) is 5.88 Å². The minimum absolute atomic E-state index is 0.550. The van der Waals surface area contributed by atoms with E-state index in [4.69, 9.17) is 16.3 Å². The number of aryl methyl sites for hydroxylation is 1. The van der Waals surface area contributed by atoms with E-state index in [2.05, 4.69) is 24.3 Å². The van der Waals surface area contributed by atoms with Crippen LogP contribution in [0.3, 0.4) is 0 Å². The number of hydrogen-bond donors (Lipinski definition) is 0. The van der Waals surface area contributed by atoms with Crippen molar-refractivity contribution >= 4 is 11.6 Å². The van der Waals surface area contributed by atoms with Crippen molar-refractivity contribution in [3.8, 4) is 5.75 Å². The van der Waals surface area contributed by atoms with Crippen LogP contribution in [0.5, 0.6) is 5.75 Å². The molecule has 18 heavy (non-hydrogen) atoms. The average Bonchev–Trinajstić information content (AvgIpc) is 2.45. The molecule has 0 aliphatic carbocycles. The molecule has 0 aliphatic rings. The average molecular weight is 261 g/mol. The lowest BCUT2D eigenvalue weighted by Crippen LogP contribution is -1.99. The molecule has 0 heterocycles.